The van der Waals surface area contributed by atoms with E-state index in [0.29, 0.717) is 11.4 Å². The Morgan fingerprint density at radius 1 is 1.44 bits per heavy atom. The molecule has 6 nitrogen and oxygen atoms in total. The van der Waals surface area contributed by atoms with Crippen molar-refractivity contribution in [3.63, 3.8) is 0 Å². The van der Waals surface area contributed by atoms with Crippen LogP contribution in [0.5, 0.6) is 0 Å². The quantitative estimate of drug-likeness (QED) is 0.832. The Kier molecular flexibility index (Phi) is 2.61. The standard InChI is InChI=1S/C9H10N4O2S/c1-7-8(3-2-4-11-7)13-16(14,15)9-5-10-6-12-9/h2-6,13H,1H3,(H,10,12). The van der Waals surface area contributed by atoms with E-state index in [4.69, 9.17) is 0 Å². The molecule has 0 fully saturated rings. The molecule has 0 radical (unpaired) electrons. The molecule has 2 rings (SSSR count). The van der Waals surface area contributed by atoms with Crippen molar-refractivity contribution in [2.75, 3.05) is 4.72 Å². The molecule has 0 amide bonds. The fourth-order valence-electron chi connectivity index (χ4n) is 1.18. The second kappa shape index (κ2) is 3.93. The van der Waals surface area contributed by atoms with Gasteiger partial charge < -0.3 is 4.98 Å². The predicted molar refractivity (Wildman–Crippen MR) is 58.4 cm³/mol. The lowest BCUT2D eigenvalue weighted by Gasteiger charge is -2.07. The molecule has 2 N–H and O–H groups in total. The van der Waals surface area contributed by atoms with Gasteiger partial charge in [0.05, 0.1) is 23.9 Å². The summed E-state index contributed by atoms with van der Waals surface area (Å²) in [5, 5.41) is 0.0238. The zero-order valence-corrected chi connectivity index (χ0v) is 9.32. The highest BCUT2D eigenvalue weighted by Crippen LogP contribution is 2.15. The van der Waals surface area contributed by atoms with Crippen molar-refractivity contribution in [2.45, 2.75) is 11.9 Å². The van der Waals surface area contributed by atoms with E-state index in [1.54, 1.807) is 25.3 Å². The van der Waals surface area contributed by atoms with Gasteiger partial charge in [-0.15, -0.1) is 0 Å². The maximum absolute atomic E-state index is 11.8. The van der Waals surface area contributed by atoms with Crippen LogP contribution < -0.4 is 4.72 Å². The Hall–Kier alpha value is -1.89. The van der Waals surface area contributed by atoms with Crippen LogP contribution in [0.15, 0.2) is 35.9 Å². The average Bonchev–Trinajstić information content (AvgIpc) is 2.75. The molecule has 0 aromatic carbocycles. The van der Waals surface area contributed by atoms with Crippen molar-refractivity contribution >= 4 is 15.7 Å². The normalized spacial score (nSPS) is 11.3. The lowest BCUT2D eigenvalue weighted by atomic mass is 10.3. The van der Waals surface area contributed by atoms with E-state index in [0.717, 1.165) is 0 Å². The minimum atomic E-state index is -3.60. The molecule has 84 valence electrons. The largest absolute Gasteiger partial charge is 0.334 e. The van der Waals surface area contributed by atoms with Crippen LogP contribution in [0, 0.1) is 6.92 Å². The van der Waals surface area contributed by atoms with Gasteiger partial charge in [-0.05, 0) is 19.1 Å². The first-order chi connectivity index (χ1) is 7.59. The smallest absolute Gasteiger partial charge is 0.279 e. The van der Waals surface area contributed by atoms with Gasteiger partial charge in [0, 0.05) is 6.20 Å². The number of H-pyrrole nitrogens is 1. The first-order valence-electron chi connectivity index (χ1n) is 4.52. The summed E-state index contributed by atoms with van der Waals surface area (Å²) in [6, 6.07) is 3.31. The summed E-state index contributed by atoms with van der Waals surface area (Å²) in [6.45, 7) is 1.73. The number of hydrogen-bond acceptors (Lipinski definition) is 4. The van der Waals surface area contributed by atoms with E-state index in [-0.39, 0.29) is 5.03 Å². The predicted octanol–water partition coefficient (Wildman–Crippen LogP) is 0.914. The van der Waals surface area contributed by atoms with Gasteiger partial charge in [-0.25, -0.2) is 4.98 Å². The van der Waals surface area contributed by atoms with Crippen LogP contribution in [-0.2, 0) is 10.0 Å². The van der Waals surface area contributed by atoms with Crippen LogP contribution in [0.4, 0.5) is 5.69 Å². The molecule has 0 aliphatic carbocycles. The van der Waals surface area contributed by atoms with Gasteiger partial charge in [0.25, 0.3) is 10.0 Å². The molecule has 16 heavy (non-hydrogen) atoms. The van der Waals surface area contributed by atoms with Crippen LogP contribution >= 0.6 is 0 Å². The van der Waals surface area contributed by atoms with Gasteiger partial charge in [0.2, 0.25) is 0 Å². The van der Waals surface area contributed by atoms with Crippen molar-refractivity contribution in [1.82, 2.24) is 15.0 Å². The number of nitrogens with zero attached hydrogens (tertiary/aromatic N) is 2. The number of rotatable bonds is 3. The summed E-state index contributed by atoms with van der Waals surface area (Å²) in [5.41, 5.74) is 1.07. The second-order valence-corrected chi connectivity index (χ2v) is 4.81. The second-order valence-electron chi connectivity index (χ2n) is 3.16. The molecule has 0 spiro atoms. The molecule has 0 unspecified atom stereocenters. The van der Waals surface area contributed by atoms with Crippen molar-refractivity contribution in [1.29, 1.82) is 0 Å². The monoisotopic (exact) mass is 238 g/mol. The van der Waals surface area contributed by atoms with Gasteiger partial charge >= 0.3 is 0 Å². The molecule has 0 aliphatic heterocycles. The summed E-state index contributed by atoms with van der Waals surface area (Å²) >= 11 is 0. The number of nitrogens with one attached hydrogen (secondary N) is 2. The van der Waals surface area contributed by atoms with Crippen molar-refractivity contribution < 1.29 is 8.42 Å². The molecule has 0 atom stereocenters. The Balaban J connectivity index is 2.33. The molecule has 2 heterocycles. The van der Waals surface area contributed by atoms with Crippen molar-refractivity contribution in [3.8, 4) is 0 Å². The lowest BCUT2D eigenvalue weighted by Crippen LogP contribution is -2.14. The zero-order valence-electron chi connectivity index (χ0n) is 8.51. The first-order valence-corrected chi connectivity index (χ1v) is 6.01. The summed E-state index contributed by atoms with van der Waals surface area (Å²) in [6.07, 6.45) is 4.15. The van der Waals surface area contributed by atoms with Gasteiger partial charge in [0.1, 0.15) is 0 Å². The third-order valence-electron chi connectivity index (χ3n) is 2.01. The van der Waals surface area contributed by atoms with E-state index in [1.807, 2.05) is 0 Å². The molecule has 7 heteroatoms. The number of aromatic nitrogens is 3. The first kappa shape index (κ1) is 10.6. The van der Waals surface area contributed by atoms with Crippen LogP contribution in [0.25, 0.3) is 0 Å². The third kappa shape index (κ3) is 2.03. The highest BCUT2D eigenvalue weighted by atomic mass is 32.2. The van der Waals surface area contributed by atoms with Gasteiger partial charge in [-0.3, -0.25) is 9.71 Å². The summed E-state index contributed by atoms with van der Waals surface area (Å²) < 4.78 is 26.0. The average molecular weight is 238 g/mol. The maximum Gasteiger partial charge on any atom is 0.279 e. The van der Waals surface area contributed by atoms with Crippen molar-refractivity contribution in [3.05, 3.63) is 36.5 Å². The Labute approximate surface area is 92.8 Å². The minimum Gasteiger partial charge on any atom is -0.334 e. The van der Waals surface area contributed by atoms with Crippen molar-refractivity contribution in [2.24, 2.45) is 0 Å². The molecular formula is C9H10N4O2S. The molecule has 0 aliphatic rings. The zero-order chi connectivity index (χ0) is 11.6. The summed E-state index contributed by atoms with van der Waals surface area (Å²) in [7, 11) is -3.60. The number of pyridine rings is 1. The molecule has 2 aromatic heterocycles. The van der Waals surface area contributed by atoms with E-state index >= 15 is 0 Å². The van der Waals surface area contributed by atoms with Gasteiger partial charge in [0.15, 0.2) is 5.03 Å². The molecule has 0 bridgehead atoms. The van der Waals surface area contributed by atoms with Crippen LogP contribution in [-0.4, -0.2) is 23.4 Å². The SMILES string of the molecule is Cc1ncccc1NS(=O)(=O)c1cnc[nH]1. The number of imidazole rings is 1. The highest BCUT2D eigenvalue weighted by molar-refractivity contribution is 7.92. The minimum absolute atomic E-state index is 0.0238. The molecular weight excluding hydrogens is 228 g/mol. The molecule has 0 saturated carbocycles. The number of hydrogen-bond donors (Lipinski definition) is 2. The Morgan fingerprint density at radius 3 is 2.88 bits per heavy atom. The summed E-state index contributed by atoms with van der Waals surface area (Å²) in [4.78, 5) is 10.2. The summed E-state index contributed by atoms with van der Waals surface area (Å²) in [5.74, 6) is 0. The van der Waals surface area contributed by atoms with Crippen LogP contribution in [0.1, 0.15) is 5.69 Å². The number of sulfonamides is 1. The topological polar surface area (TPSA) is 87.7 Å². The van der Waals surface area contributed by atoms with E-state index in [2.05, 4.69) is 19.7 Å². The van der Waals surface area contributed by atoms with Crippen LogP contribution in [0.2, 0.25) is 0 Å². The Morgan fingerprint density at radius 2 is 2.25 bits per heavy atom. The van der Waals surface area contributed by atoms with E-state index < -0.39 is 10.0 Å². The van der Waals surface area contributed by atoms with Gasteiger partial charge in [-0.1, -0.05) is 0 Å². The maximum atomic E-state index is 11.8. The van der Waals surface area contributed by atoms with Gasteiger partial charge in [-0.2, -0.15) is 8.42 Å². The number of aryl methyl sites for hydroxylation is 1. The molecule has 0 saturated heterocycles. The highest BCUT2D eigenvalue weighted by Gasteiger charge is 2.16. The van der Waals surface area contributed by atoms with Crippen LogP contribution in [0.3, 0.4) is 0 Å². The molecule has 2 aromatic rings. The lowest BCUT2D eigenvalue weighted by molar-refractivity contribution is 0.598. The Bertz CT molecular complexity index is 577. The fourth-order valence-corrected chi connectivity index (χ4v) is 2.20. The van der Waals surface area contributed by atoms with E-state index in [1.165, 1.54) is 12.5 Å². The van der Waals surface area contributed by atoms with E-state index in [9.17, 15) is 8.42 Å². The number of aromatic amines is 1. The third-order valence-corrected chi connectivity index (χ3v) is 3.30. The fraction of sp³-hybridized carbons (Fsp3) is 0.111. The number of anilines is 1.